The van der Waals surface area contributed by atoms with Gasteiger partial charge in [0.2, 0.25) is 0 Å². The Morgan fingerprint density at radius 3 is 2.36 bits per heavy atom. The van der Waals surface area contributed by atoms with Crippen LogP contribution in [0.2, 0.25) is 0 Å². The molecule has 3 atom stereocenters. The van der Waals surface area contributed by atoms with E-state index in [1.165, 1.54) is 23.1 Å². The minimum Gasteiger partial charge on any atom is -0.490 e. The largest absolute Gasteiger partial charge is 0.490 e. The molecule has 1 heterocycles. The van der Waals surface area contributed by atoms with E-state index in [1.807, 2.05) is 0 Å². The Hall–Kier alpha value is -1.84. The van der Waals surface area contributed by atoms with Crippen LogP contribution in [0.3, 0.4) is 0 Å². The number of rotatable bonds is 8. The van der Waals surface area contributed by atoms with Gasteiger partial charge in [0.25, 0.3) is 0 Å². The molecule has 0 saturated carbocycles. The van der Waals surface area contributed by atoms with Gasteiger partial charge >= 0.3 is 0 Å². The number of hydrogen-bond donors (Lipinski definition) is 1. The Morgan fingerprint density at radius 1 is 1.00 bits per heavy atom. The standard InChI is InChI=1S/C25H36N2O/c1-5-19(2)23-11-12-25(20(3)17-23)28-21(4)18-24(22-9-7-6-8-10-22)27-15-13-26-14-16-27/h6-12,17,19,21,24,26H,5,13-16,18H2,1-4H3. The van der Waals surface area contributed by atoms with Gasteiger partial charge in [0, 0.05) is 38.6 Å². The fourth-order valence-electron chi connectivity index (χ4n) is 4.09. The second-order valence-electron chi connectivity index (χ2n) is 8.21. The molecule has 0 bridgehead atoms. The van der Waals surface area contributed by atoms with Gasteiger partial charge in [-0.1, -0.05) is 56.3 Å². The zero-order valence-electron chi connectivity index (χ0n) is 17.9. The molecule has 3 heteroatoms. The van der Waals surface area contributed by atoms with Crippen LogP contribution in [0.5, 0.6) is 5.75 Å². The molecule has 3 rings (SSSR count). The van der Waals surface area contributed by atoms with Gasteiger partial charge in [0.1, 0.15) is 5.75 Å². The third kappa shape index (κ3) is 5.36. The fraction of sp³-hybridized carbons (Fsp3) is 0.520. The normalized spacial score (nSPS) is 18.4. The average Bonchev–Trinajstić information content (AvgIpc) is 2.74. The second-order valence-corrected chi connectivity index (χ2v) is 8.21. The first-order valence-electron chi connectivity index (χ1n) is 10.9. The average molecular weight is 381 g/mol. The third-order valence-corrected chi connectivity index (χ3v) is 6.04. The summed E-state index contributed by atoms with van der Waals surface area (Å²) in [7, 11) is 0. The lowest BCUT2D eigenvalue weighted by Gasteiger charge is -2.36. The first-order valence-corrected chi connectivity index (χ1v) is 10.9. The van der Waals surface area contributed by atoms with E-state index in [2.05, 4.69) is 86.4 Å². The quantitative estimate of drug-likeness (QED) is 0.671. The van der Waals surface area contributed by atoms with E-state index in [1.54, 1.807) is 0 Å². The number of hydrogen-bond acceptors (Lipinski definition) is 3. The molecule has 28 heavy (non-hydrogen) atoms. The summed E-state index contributed by atoms with van der Waals surface area (Å²) in [4.78, 5) is 2.60. The Labute approximate surface area is 171 Å². The maximum absolute atomic E-state index is 6.41. The molecule has 2 aromatic rings. The van der Waals surface area contributed by atoms with Crippen LogP contribution in [-0.2, 0) is 0 Å². The monoisotopic (exact) mass is 380 g/mol. The Bertz CT molecular complexity index is 725. The number of benzene rings is 2. The Balaban J connectivity index is 1.70. The van der Waals surface area contributed by atoms with Crippen LogP contribution in [0, 0.1) is 6.92 Å². The van der Waals surface area contributed by atoms with Crippen LogP contribution in [0.15, 0.2) is 48.5 Å². The molecule has 2 aromatic carbocycles. The van der Waals surface area contributed by atoms with Crippen LogP contribution in [0.1, 0.15) is 62.3 Å². The predicted molar refractivity (Wildman–Crippen MR) is 118 cm³/mol. The highest BCUT2D eigenvalue weighted by molar-refractivity contribution is 5.37. The van der Waals surface area contributed by atoms with E-state index in [9.17, 15) is 0 Å². The third-order valence-electron chi connectivity index (χ3n) is 6.04. The van der Waals surface area contributed by atoms with Gasteiger partial charge in [0.15, 0.2) is 0 Å². The van der Waals surface area contributed by atoms with Crippen LogP contribution in [0.4, 0.5) is 0 Å². The summed E-state index contributed by atoms with van der Waals surface area (Å²) in [6, 6.07) is 18.0. The molecule has 0 spiro atoms. The maximum Gasteiger partial charge on any atom is 0.122 e. The van der Waals surface area contributed by atoms with Crippen LogP contribution in [-0.4, -0.2) is 37.2 Å². The number of aryl methyl sites for hydroxylation is 1. The summed E-state index contributed by atoms with van der Waals surface area (Å²) in [6.07, 6.45) is 2.32. The molecule has 3 nitrogen and oxygen atoms in total. The van der Waals surface area contributed by atoms with E-state index in [0.29, 0.717) is 12.0 Å². The molecule has 1 N–H and O–H groups in total. The van der Waals surface area contributed by atoms with Crippen molar-refractivity contribution in [3.63, 3.8) is 0 Å². The number of ether oxygens (including phenoxy) is 1. The molecule has 1 fully saturated rings. The number of piperazine rings is 1. The Kier molecular flexibility index (Phi) is 7.52. The summed E-state index contributed by atoms with van der Waals surface area (Å²) in [6.45, 7) is 13.2. The first-order chi connectivity index (χ1) is 13.6. The lowest BCUT2D eigenvalue weighted by molar-refractivity contribution is 0.114. The van der Waals surface area contributed by atoms with Gasteiger partial charge in [-0.25, -0.2) is 0 Å². The predicted octanol–water partition coefficient (Wildman–Crippen LogP) is 5.31. The smallest absolute Gasteiger partial charge is 0.122 e. The topological polar surface area (TPSA) is 24.5 Å². The molecule has 152 valence electrons. The van der Waals surface area contributed by atoms with E-state index < -0.39 is 0 Å². The molecular weight excluding hydrogens is 344 g/mol. The van der Waals surface area contributed by atoms with Crippen molar-refractivity contribution in [3.05, 3.63) is 65.2 Å². The van der Waals surface area contributed by atoms with Gasteiger partial charge < -0.3 is 10.1 Å². The lowest BCUT2D eigenvalue weighted by Crippen LogP contribution is -2.46. The van der Waals surface area contributed by atoms with Crippen molar-refractivity contribution < 1.29 is 4.74 Å². The van der Waals surface area contributed by atoms with Crippen molar-refractivity contribution in [2.24, 2.45) is 0 Å². The number of nitrogens with zero attached hydrogens (tertiary/aromatic N) is 1. The van der Waals surface area contributed by atoms with Crippen molar-refractivity contribution >= 4 is 0 Å². The molecule has 3 unspecified atom stereocenters. The highest BCUT2D eigenvalue weighted by atomic mass is 16.5. The van der Waals surface area contributed by atoms with Crippen LogP contribution >= 0.6 is 0 Å². The fourth-order valence-corrected chi connectivity index (χ4v) is 4.09. The van der Waals surface area contributed by atoms with E-state index >= 15 is 0 Å². The summed E-state index contributed by atoms with van der Waals surface area (Å²) in [5, 5.41) is 3.47. The van der Waals surface area contributed by atoms with Crippen molar-refractivity contribution in [1.29, 1.82) is 0 Å². The minimum absolute atomic E-state index is 0.160. The SMILES string of the molecule is CCC(C)c1ccc(OC(C)CC(c2ccccc2)N2CCNCC2)c(C)c1. The van der Waals surface area contributed by atoms with Gasteiger partial charge in [-0.05, 0) is 48.9 Å². The van der Waals surface area contributed by atoms with E-state index in [4.69, 9.17) is 4.74 Å². The van der Waals surface area contributed by atoms with Crippen LogP contribution in [0.25, 0.3) is 0 Å². The van der Waals surface area contributed by atoms with Crippen molar-refractivity contribution in [2.45, 2.75) is 58.6 Å². The van der Waals surface area contributed by atoms with Crippen molar-refractivity contribution in [1.82, 2.24) is 10.2 Å². The van der Waals surface area contributed by atoms with Gasteiger partial charge in [-0.15, -0.1) is 0 Å². The summed E-state index contributed by atoms with van der Waals surface area (Å²) in [5.74, 6) is 1.62. The summed E-state index contributed by atoms with van der Waals surface area (Å²) >= 11 is 0. The first kappa shape index (κ1) is 20.9. The van der Waals surface area contributed by atoms with E-state index in [0.717, 1.165) is 38.3 Å². The Morgan fingerprint density at radius 2 is 1.71 bits per heavy atom. The zero-order valence-corrected chi connectivity index (χ0v) is 17.9. The van der Waals surface area contributed by atoms with Crippen molar-refractivity contribution in [3.8, 4) is 5.75 Å². The van der Waals surface area contributed by atoms with Crippen LogP contribution < -0.4 is 10.1 Å². The second kappa shape index (κ2) is 10.1. The number of nitrogens with one attached hydrogen (secondary N) is 1. The maximum atomic E-state index is 6.41. The zero-order chi connectivity index (χ0) is 19.9. The molecule has 0 aromatic heterocycles. The summed E-state index contributed by atoms with van der Waals surface area (Å²) in [5.41, 5.74) is 4.04. The lowest BCUT2D eigenvalue weighted by atomic mass is 9.96. The molecule has 1 saturated heterocycles. The highest BCUT2D eigenvalue weighted by Crippen LogP contribution is 2.30. The minimum atomic E-state index is 0.160. The molecule has 1 aliphatic rings. The summed E-state index contributed by atoms with van der Waals surface area (Å²) < 4.78 is 6.41. The van der Waals surface area contributed by atoms with Gasteiger partial charge in [-0.3, -0.25) is 4.90 Å². The highest BCUT2D eigenvalue weighted by Gasteiger charge is 2.25. The van der Waals surface area contributed by atoms with Gasteiger partial charge in [0.05, 0.1) is 6.10 Å². The molecular formula is C25H36N2O. The van der Waals surface area contributed by atoms with Crippen molar-refractivity contribution in [2.75, 3.05) is 26.2 Å². The van der Waals surface area contributed by atoms with E-state index in [-0.39, 0.29) is 6.10 Å². The molecule has 0 aliphatic carbocycles. The van der Waals surface area contributed by atoms with Gasteiger partial charge in [-0.2, -0.15) is 0 Å². The molecule has 0 radical (unpaired) electrons. The molecule has 0 amide bonds. The molecule has 1 aliphatic heterocycles.